The topological polar surface area (TPSA) is 28.4 Å². The van der Waals surface area contributed by atoms with Crippen LogP contribution in [0, 0.1) is 26.7 Å². The van der Waals surface area contributed by atoms with Crippen molar-refractivity contribution in [3.8, 4) is 0 Å². The van der Waals surface area contributed by atoms with Crippen LogP contribution in [0.25, 0.3) is 0 Å². The lowest BCUT2D eigenvalue weighted by atomic mass is 10.1. The SMILES string of the molecule is Cc1oc(C)c(CN(C)CCNCC(C)C)c1C. The van der Waals surface area contributed by atoms with Gasteiger partial charge in [-0.15, -0.1) is 0 Å². The Balaban J connectivity index is 2.38. The van der Waals surface area contributed by atoms with Gasteiger partial charge in [-0.3, -0.25) is 0 Å². The third-order valence-electron chi connectivity index (χ3n) is 3.36. The molecule has 1 N–H and O–H groups in total. The first-order valence-electron chi connectivity index (χ1n) is 6.86. The average Bonchev–Trinajstić information content (AvgIpc) is 2.51. The van der Waals surface area contributed by atoms with Gasteiger partial charge in [-0.1, -0.05) is 13.8 Å². The molecule has 0 aliphatic heterocycles. The molecule has 0 atom stereocenters. The summed E-state index contributed by atoms with van der Waals surface area (Å²) in [6.45, 7) is 14.9. The quantitative estimate of drug-likeness (QED) is 0.756. The molecule has 0 aliphatic rings. The molecule has 1 rings (SSSR count). The molecule has 18 heavy (non-hydrogen) atoms. The summed E-state index contributed by atoms with van der Waals surface area (Å²) in [5.74, 6) is 2.83. The van der Waals surface area contributed by atoms with E-state index in [0.717, 1.165) is 43.6 Å². The number of likely N-dealkylation sites (N-methyl/N-ethyl adjacent to an activating group) is 1. The zero-order valence-electron chi connectivity index (χ0n) is 12.8. The number of hydrogen-bond donors (Lipinski definition) is 1. The van der Waals surface area contributed by atoms with Gasteiger partial charge in [0.15, 0.2) is 0 Å². The van der Waals surface area contributed by atoms with E-state index in [2.05, 4.69) is 45.0 Å². The Kier molecular flexibility index (Phi) is 5.89. The lowest BCUT2D eigenvalue weighted by Crippen LogP contribution is -2.31. The van der Waals surface area contributed by atoms with E-state index in [1.165, 1.54) is 11.1 Å². The summed E-state index contributed by atoms with van der Waals surface area (Å²) in [6, 6.07) is 0. The van der Waals surface area contributed by atoms with Crippen molar-refractivity contribution in [1.82, 2.24) is 10.2 Å². The number of hydrogen-bond acceptors (Lipinski definition) is 3. The summed E-state index contributed by atoms with van der Waals surface area (Å²) in [7, 11) is 2.16. The Labute approximate surface area is 112 Å². The maximum atomic E-state index is 5.66. The number of aryl methyl sites for hydroxylation is 2. The number of rotatable bonds is 7. The van der Waals surface area contributed by atoms with Crippen LogP contribution in [0.3, 0.4) is 0 Å². The summed E-state index contributed by atoms with van der Waals surface area (Å²) in [4.78, 5) is 2.34. The standard InChI is InChI=1S/C15H28N2O/c1-11(2)9-16-7-8-17(6)10-15-12(3)13(4)18-14(15)5/h11,16H,7-10H2,1-6H3. The lowest BCUT2D eigenvalue weighted by molar-refractivity contribution is 0.318. The number of nitrogens with one attached hydrogen (secondary N) is 1. The largest absolute Gasteiger partial charge is 0.466 e. The van der Waals surface area contributed by atoms with Crippen molar-refractivity contribution in [2.45, 2.75) is 41.2 Å². The third-order valence-corrected chi connectivity index (χ3v) is 3.36. The number of nitrogens with zero attached hydrogens (tertiary/aromatic N) is 1. The van der Waals surface area contributed by atoms with Crippen LogP contribution in [0.5, 0.6) is 0 Å². The van der Waals surface area contributed by atoms with Crippen molar-refractivity contribution in [3.63, 3.8) is 0 Å². The van der Waals surface area contributed by atoms with Crippen LogP contribution in [0.15, 0.2) is 4.42 Å². The van der Waals surface area contributed by atoms with Gasteiger partial charge < -0.3 is 14.6 Å². The van der Waals surface area contributed by atoms with E-state index >= 15 is 0 Å². The first-order chi connectivity index (χ1) is 8.41. The lowest BCUT2D eigenvalue weighted by Gasteiger charge is -2.17. The highest BCUT2D eigenvalue weighted by molar-refractivity contribution is 5.31. The first kappa shape index (κ1) is 15.3. The fourth-order valence-corrected chi connectivity index (χ4v) is 2.08. The molecule has 0 aliphatic carbocycles. The molecule has 0 spiro atoms. The Morgan fingerprint density at radius 2 is 1.83 bits per heavy atom. The third kappa shape index (κ3) is 4.46. The number of furan rings is 1. The molecule has 104 valence electrons. The van der Waals surface area contributed by atoms with Gasteiger partial charge in [0, 0.05) is 25.2 Å². The zero-order valence-corrected chi connectivity index (χ0v) is 12.8. The Bertz CT molecular complexity index is 369. The highest BCUT2D eigenvalue weighted by atomic mass is 16.3. The van der Waals surface area contributed by atoms with E-state index in [1.807, 2.05) is 6.92 Å². The van der Waals surface area contributed by atoms with Crippen LogP contribution in [0.2, 0.25) is 0 Å². The molecule has 0 fully saturated rings. The Morgan fingerprint density at radius 3 is 2.33 bits per heavy atom. The van der Waals surface area contributed by atoms with Gasteiger partial charge in [0.2, 0.25) is 0 Å². The van der Waals surface area contributed by atoms with Crippen molar-refractivity contribution in [1.29, 1.82) is 0 Å². The fourth-order valence-electron chi connectivity index (χ4n) is 2.08. The van der Waals surface area contributed by atoms with Gasteiger partial charge in [0.25, 0.3) is 0 Å². The van der Waals surface area contributed by atoms with E-state index in [4.69, 9.17) is 4.42 Å². The molecular weight excluding hydrogens is 224 g/mol. The molecule has 0 bridgehead atoms. The maximum absolute atomic E-state index is 5.66. The van der Waals surface area contributed by atoms with Crippen LogP contribution in [-0.2, 0) is 6.54 Å². The van der Waals surface area contributed by atoms with Crippen molar-refractivity contribution < 1.29 is 4.42 Å². The molecule has 0 saturated carbocycles. The summed E-state index contributed by atoms with van der Waals surface area (Å²) < 4.78 is 5.66. The second kappa shape index (κ2) is 6.95. The minimum atomic E-state index is 0.719. The maximum Gasteiger partial charge on any atom is 0.105 e. The molecule has 1 aromatic rings. The summed E-state index contributed by atoms with van der Waals surface area (Å²) in [5.41, 5.74) is 2.65. The normalized spacial score (nSPS) is 11.8. The van der Waals surface area contributed by atoms with Gasteiger partial charge in [0.05, 0.1) is 0 Å². The molecule has 0 saturated heterocycles. The van der Waals surface area contributed by atoms with Crippen LogP contribution in [-0.4, -0.2) is 31.6 Å². The van der Waals surface area contributed by atoms with Gasteiger partial charge in [-0.25, -0.2) is 0 Å². The van der Waals surface area contributed by atoms with E-state index in [0.29, 0.717) is 0 Å². The Morgan fingerprint density at radius 1 is 1.17 bits per heavy atom. The molecule has 1 aromatic heterocycles. The minimum Gasteiger partial charge on any atom is -0.466 e. The highest BCUT2D eigenvalue weighted by Crippen LogP contribution is 2.21. The summed E-state index contributed by atoms with van der Waals surface area (Å²) >= 11 is 0. The average molecular weight is 252 g/mol. The van der Waals surface area contributed by atoms with Gasteiger partial charge >= 0.3 is 0 Å². The predicted octanol–water partition coefficient (Wildman–Crippen LogP) is 2.88. The molecule has 3 nitrogen and oxygen atoms in total. The molecule has 0 unspecified atom stereocenters. The van der Waals surface area contributed by atoms with Crippen LogP contribution in [0.1, 0.15) is 36.5 Å². The van der Waals surface area contributed by atoms with Crippen molar-refractivity contribution in [2.24, 2.45) is 5.92 Å². The van der Waals surface area contributed by atoms with Crippen molar-refractivity contribution >= 4 is 0 Å². The summed E-state index contributed by atoms with van der Waals surface area (Å²) in [6.07, 6.45) is 0. The molecule has 0 amide bonds. The zero-order chi connectivity index (χ0) is 13.7. The van der Waals surface area contributed by atoms with Crippen LogP contribution in [0.4, 0.5) is 0 Å². The second-order valence-corrected chi connectivity index (χ2v) is 5.65. The van der Waals surface area contributed by atoms with Crippen LogP contribution >= 0.6 is 0 Å². The predicted molar refractivity (Wildman–Crippen MR) is 77.0 cm³/mol. The van der Waals surface area contributed by atoms with Gasteiger partial charge in [0.1, 0.15) is 11.5 Å². The summed E-state index contributed by atoms with van der Waals surface area (Å²) in [5, 5.41) is 3.47. The Hall–Kier alpha value is -0.800. The second-order valence-electron chi connectivity index (χ2n) is 5.65. The van der Waals surface area contributed by atoms with E-state index in [-0.39, 0.29) is 0 Å². The monoisotopic (exact) mass is 252 g/mol. The van der Waals surface area contributed by atoms with Gasteiger partial charge in [-0.2, -0.15) is 0 Å². The first-order valence-corrected chi connectivity index (χ1v) is 6.86. The van der Waals surface area contributed by atoms with E-state index in [9.17, 15) is 0 Å². The fraction of sp³-hybridized carbons (Fsp3) is 0.733. The van der Waals surface area contributed by atoms with Crippen molar-refractivity contribution in [2.75, 3.05) is 26.7 Å². The van der Waals surface area contributed by atoms with Crippen molar-refractivity contribution in [3.05, 3.63) is 22.6 Å². The smallest absolute Gasteiger partial charge is 0.105 e. The molecule has 0 radical (unpaired) electrons. The highest BCUT2D eigenvalue weighted by Gasteiger charge is 2.12. The van der Waals surface area contributed by atoms with E-state index < -0.39 is 0 Å². The molecule has 1 heterocycles. The molecule has 0 aromatic carbocycles. The molecule has 3 heteroatoms. The van der Waals surface area contributed by atoms with Gasteiger partial charge in [-0.05, 0) is 45.8 Å². The van der Waals surface area contributed by atoms with E-state index in [1.54, 1.807) is 0 Å². The minimum absolute atomic E-state index is 0.719. The molecular formula is C15H28N2O. The van der Waals surface area contributed by atoms with Crippen LogP contribution < -0.4 is 5.32 Å².